The summed E-state index contributed by atoms with van der Waals surface area (Å²) >= 11 is 1.98. The fourth-order valence-electron chi connectivity index (χ4n) is 2.24. The molecule has 0 aliphatic carbocycles. The number of carbonyl (C=O) groups excluding carboxylic acids is 4. The summed E-state index contributed by atoms with van der Waals surface area (Å²) in [6.07, 6.45) is -5.47. The van der Waals surface area contributed by atoms with E-state index in [1.807, 2.05) is 22.6 Å². The molecule has 0 bridgehead atoms. The summed E-state index contributed by atoms with van der Waals surface area (Å²) in [5, 5.41) is 0. The molecule has 0 saturated carbocycles. The number of ether oxygens (including phenoxy) is 5. The van der Waals surface area contributed by atoms with Crippen LogP contribution in [0.2, 0.25) is 0 Å². The van der Waals surface area contributed by atoms with Gasteiger partial charge in [-0.15, -0.1) is 0 Å². The van der Waals surface area contributed by atoms with Crippen LogP contribution >= 0.6 is 22.6 Å². The van der Waals surface area contributed by atoms with Crippen molar-refractivity contribution >= 4 is 46.5 Å². The maximum atomic E-state index is 11.4. The number of alkyl halides is 1. The van der Waals surface area contributed by atoms with E-state index in [0.29, 0.717) is 4.43 Å². The van der Waals surface area contributed by atoms with Crippen molar-refractivity contribution in [1.29, 1.82) is 0 Å². The van der Waals surface area contributed by atoms with Crippen LogP contribution in [0.15, 0.2) is 0 Å². The van der Waals surface area contributed by atoms with Gasteiger partial charge in [0, 0.05) is 32.1 Å². The average Bonchev–Trinajstić information content (AvgIpc) is 2.42. The summed E-state index contributed by atoms with van der Waals surface area (Å²) in [6.45, 7) is 4.65. The van der Waals surface area contributed by atoms with E-state index in [-0.39, 0.29) is 0 Å². The Morgan fingerprint density at radius 1 is 0.750 bits per heavy atom. The zero-order chi connectivity index (χ0) is 18.4. The highest BCUT2D eigenvalue weighted by molar-refractivity contribution is 14.1. The van der Waals surface area contributed by atoms with E-state index in [0.717, 1.165) is 20.8 Å². The molecule has 9 nitrogen and oxygen atoms in total. The van der Waals surface area contributed by atoms with Crippen LogP contribution in [0.1, 0.15) is 27.7 Å². The summed E-state index contributed by atoms with van der Waals surface area (Å²) in [6, 6.07) is 0. The van der Waals surface area contributed by atoms with Crippen LogP contribution in [0.3, 0.4) is 0 Å². The van der Waals surface area contributed by atoms with Crippen LogP contribution in [0.4, 0.5) is 0 Å². The SMILES string of the molecule is CC(=O)OC1O[C@@H](CI)[C@@H](OC(C)=O)[C@@H](OC(C)=O)[C@H]1OC(C)=O. The van der Waals surface area contributed by atoms with E-state index in [1.165, 1.54) is 6.92 Å². The van der Waals surface area contributed by atoms with Gasteiger partial charge in [0.15, 0.2) is 12.2 Å². The average molecular weight is 458 g/mol. The fourth-order valence-corrected chi connectivity index (χ4v) is 2.95. The highest BCUT2D eigenvalue weighted by Gasteiger charge is 2.52. The van der Waals surface area contributed by atoms with Crippen molar-refractivity contribution in [3.05, 3.63) is 0 Å². The molecule has 136 valence electrons. The number of hydrogen-bond donors (Lipinski definition) is 0. The van der Waals surface area contributed by atoms with Crippen molar-refractivity contribution in [2.75, 3.05) is 4.43 Å². The molecule has 1 unspecified atom stereocenters. The third-order valence-electron chi connectivity index (χ3n) is 2.93. The fraction of sp³-hybridized carbons (Fsp3) is 0.714. The second-order valence-corrected chi connectivity index (χ2v) is 5.91. The van der Waals surface area contributed by atoms with Crippen molar-refractivity contribution in [2.45, 2.75) is 58.4 Å². The number of rotatable bonds is 5. The predicted octanol–water partition coefficient (Wildman–Crippen LogP) is 0.504. The molecule has 0 aromatic rings. The standard InChI is InChI=1S/C14H19IO9/c1-6(16)20-11-10(5-15)24-14(23-9(4)19)13(22-8(3)18)12(11)21-7(2)17/h10-14H,5H2,1-4H3/t10-,11+,12+,13+,14?/m0/s1. The third kappa shape index (κ3) is 5.89. The van der Waals surface area contributed by atoms with Crippen LogP contribution in [0, 0.1) is 0 Å². The number of halogens is 1. The zero-order valence-electron chi connectivity index (χ0n) is 13.6. The van der Waals surface area contributed by atoms with E-state index in [1.54, 1.807) is 0 Å². The Morgan fingerprint density at radius 2 is 1.17 bits per heavy atom. The molecule has 0 radical (unpaired) electrons. The molecule has 1 rings (SSSR count). The molecule has 0 aromatic heterocycles. The molecular weight excluding hydrogens is 439 g/mol. The van der Waals surface area contributed by atoms with E-state index in [4.69, 9.17) is 23.7 Å². The maximum Gasteiger partial charge on any atom is 0.305 e. The highest BCUT2D eigenvalue weighted by Crippen LogP contribution is 2.30. The topological polar surface area (TPSA) is 114 Å². The van der Waals surface area contributed by atoms with Gasteiger partial charge < -0.3 is 23.7 Å². The van der Waals surface area contributed by atoms with Crippen LogP contribution in [-0.4, -0.2) is 59.0 Å². The van der Waals surface area contributed by atoms with Gasteiger partial charge in [0.05, 0.1) is 0 Å². The second-order valence-electron chi connectivity index (χ2n) is 5.03. The van der Waals surface area contributed by atoms with Gasteiger partial charge >= 0.3 is 23.9 Å². The smallest absolute Gasteiger partial charge is 0.305 e. The monoisotopic (exact) mass is 458 g/mol. The summed E-state index contributed by atoms with van der Waals surface area (Å²) in [5.41, 5.74) is 0. The lowest BCUT2D eigenvalue weighted by Crippen LogP contribution is -2.62. The Balaban J connectivity index is 3.23. The van der Waals surface area contributed by atoms with Crippen LogP contribution in [-0.2, 0) is 42.9 Å². The lowest BCUT2D eigenvalue weighted by Gasteiger charge is -2.43. The Bertz CT molecular complexity index is 506. The molecule has 5 atom stereocenters. The third-order valence-corrected chi connectivity index (χ3v) is 3.80. The Labute approximate surface area is 152 Å². The predicted molar refractivity (Wildman–Crippen MR) is 86.0 cm³/mol. The maximum absolute atomic E-state index is 11.4. The van der Waals surface area contributed by atoms with Gasteiger partial charge in [-0.05, 0) is 0 Å². The van der Waals surface area contributed by atoms with E-state index >= 15 is 0 Å². The van der Waals surface area contributed by atoms with E-state index in [9.17, 15) is 19.2 Å². The van der Waals surface area contributed by atoms with Gasteiger partial charge in [-0.2, -0.15) is 0 Å². The van der Waals surface area contributed by atoms with E-state index in [2.05, 4.69) is 0 Å². The molecule has 1 aliphatic heterocycles. The molecule has 0 aromatic carbocycles. The molecular formula is C14H19IO9. The quantitative estimate of drug-likeness (QED) is 0.252. The molecule has 1 aliphatic rings. The van der Waals surface area contributed by atoms with Gasteiger partial charge in [-0.1, -0.05) is 22.6 Å². The minimum absolute atomic E-state index is 0.345. The van der Waals surface area contributed by atoms with Gasteiger partial charge in [0.25, 0.3) is 0 Å². The molecule has 10 heteroatoms. The summed E-state index contributed by atoms with van der Waals surface area (Å²) in [7, 11) is 0. The highest BCUT2D eigenvalue weighted by atomic mass is 127. The van der Waals surface area contributed by atoms with Gasteiger partial charge in [0.1, 0.15) is 6.10 Å². The molecule has 1 fully saturated rings. The first-order valence-electron chi connectivity index (χ1n) is 7.06. The van der Waals surface area contributed by atoms with Gasteiger partial charge in [-0.25, -0.2) is 0 Å². The van der Waals surface area contributed by atoms with E-state index < -0.39 is 54.6 Å². The van der Waals surface area contributed by atoms with Crippen LogP contribution in [0.25, 0.3) is 0 Å². The molecule has 0 amide bonds. The normalized spacial score (nSPS) is 29.3. The number of hydrogen-bond acceptors (Lipinski definition) is 9. The molecule has 1 heterocycles. The molecule has 24 heavy (non-hydrogen) atoms. The van der Waals surface area contributed by atoms with Crippen molar-refractivity contribution in [3.8, 4) is 0 Å². The molecule has 0 N–H and O–H groups in total. The minimum Gasteiger partial charge on any atom is -0.456 e. The Hall–Kier alpha value is -1.43. The van der Waals surface area contributed by atoms with Crippen molar-refractivity contribution in [3.63, 3.8) is 0 Å². The van der Waals surface area contributed by atoms with Crippen LogP contribution < -0.4 is 0 Å². The largest absolute Gasteiger partial charge is 0.456 e. The number of esters is 4. The first-order chi connectivity index (χ1) is 11.1. The Kier molecular flexibility index (Phi) is 7.87. The lowest BCUT2D eigenvalue weighted by atomic mass is 9.99. The second kappa shape index (κ2) is 9.16. The van der Waals surface area contributed by atoms with Crippen molar-refractivity contribution < 1.29 is 42.9 Å². The molecule has 0 spiro atoms. The number of carbonyl (C=O) groups is 4. The Morgan fingerprint density at radius 3 is 1.58 bits per heavy atom. The zero-order valence-corrected chi connectivity index (χ0v) is 15.8. The van der Waals surface area contributed by atoms with Gasteiger partial charge in [-0.3, -0.25) is 19.2 Å². The summed E-state index contributed by atoms with van der Waals surface area (Å²) in [5.74, 6) is -2.67. The molecule has 1 saturated heterocycles. The first kappa shape index (κ1) is 20.6. The summed E-state index contributed by atoms with van der Waals surface area (Å²) in [4.78, 5) is 45.5. The summed E-state index contributed by atoms with van der Waals surface area (Å²) < 4.78 is 26.5. The van der Waals surface area contributed by atoms with Gasteiger partial charge in [0.2, 0.25) is 12.4 Å². The minimum atomic E-state index is -1.29. The van der Waals surface area contributed by atoms with Crippen molar-refractivity contribution in [1.82, 2.24) is 0 Å². The van der Waals surface area contributed by atoms with Crippen molar-refractivity contribution in [2.24, 2.45) is 0 Å². The van der Waals surface area contributed by atoms with Crippen LogP contribution in [0.5, 0.6) is 0 Å². The first-order valence-corrected chi connectivity index (χ1v) is 8.58. The lowest BCUT2D eigenvalue weighted by molar-refractivity contribution is -0.291.